The number of carbonyl (C=O) groups is 6. The molecular formula is C21H38N8O8. The van der Waals surface area contributed by atoms with Crippen molar-refractivity contribution >= 4 is 41.5 Å². The standard InChI is InChI=1S/C21H38N8O8/c1-3-10(2)16(19(35)28-13(20(36)37)9-14(23)30)29-18(34)12(6-7-15(31)32)27-17(33)11(22)5-4-8-26-21(24)25/h10-13,16H,3-9,22H2,1-2H3,(H2,23,30)(H,27,33)(H,28,35)(H,29,34)(H,31,32)(H,36,37)(H4,24,25,26). The van der Waals surface area contributed by atoms with E-state index in [0.717, 1.165) is 0 Å². The molecule has 0 aliphatic carbocycles. The third-order valence-electron chi connectivity index (χ3n) is 5.40. The molecule has 0 aliphatic rings. The van der Waals surface area contributed by atoms with Crippen LogP contribution in [-0.2, 0) is 28.8 Å². The number of carboxylic acid groups (broad SMARTS) is 2. The van der Waals surface area contributed by atoms with E-state index >= 15 is 0 Å². The Balaban J connectivity index is 5.55. The van der Waals surface area contributed by atoms with E-state index in [4.69, 9.17) is 28.0 Å². The van der Waals surface area contributed by atoms with Crippen molar-refractivity contribution in [3.05, 3.63) is 0 Å². The fourth-order valence-electron chi connectivity index (χ4n) is 3.08. The van der Waals surface area contributed by atoms with Crippen LogP contribution in [0.2, 0.25) is 0 Å². The second-order valence-electron chi connectivity index (χ2n) is 8.49. The van der Waals surface area contributed by atoms with Gasteiger partial charge in [0, 0.05) is 13.0 Å². The quantitative estimate of drug-likeness (QED) is 0.0480. The molecule has 0 radical (unpaired) electrons. The minimum atomic E-state index is -1.62. The van der Waals surface area contributed by atoms with E-state index in [1.807, 2.05) is 0 Å². The lowest BCUT2D eigenvalue weighted by molar-refractivity contribution is -0.144. The average Bonchev–Trinajstić information content (AvgIpc) is 2.80. The molecule has 0 aromatic carbocycles. The summed E-state index contributed by atoms with van der Waals surface area (Å²) in [6.45, 7) is 3.57. The normalized spacial score (nSPS) is 14.7. The Hall–Kier alpha value is -3.95. The highest BCUT2D eigenvalue weighted by Crippen LogP contribution is 2.11. The van der Waals surface area contributed by atoms with E-state index in [9.17, 15) is 33.9 Å². The van der Waals surface area contributed by atoms with Gasteiger partial charge in [-0.05, 0) is 25.2 Å². The maximum Gasteiger partial charge on any atom is 0.326 e. The third kappa shape index (κ3) is 13.6. The molecule has 16 heteroatoms. The summed E-state index contributed by atoms with van der Waals surface area (Å²) in [4.78, 5) is 75.7. The lowest BCUT2D eigenvalue weighted by Crippen LogP contribution is -2.59. The molecule has 13 N–H and O–H groups in total. The molecule has 0 aliphatic heterocycles. The second-order valence-corrected chi connectivity index (χ2v) is 8.49. The van der Waals surface area contributed by atoms with Crippen LogP contribution in [0.5, 0.6) is 0 Å². The van der Waals surface area contributed by atoms with Gasteiger partial charge in [0.1, 0.15) is 18.1 Å². The average molecular weight is 531 g/mol. The number of amides is 4. The van der Waals surface area contributed by atoms with Gasteiger partial charge in [-0.2, -0.15) is 0 Å². The van der Waals surface area contributed by atoms with Crippen molar-refractivity contribution in [1.82, 2.24) is 16.0 Å². The molecule has 0 bridgehead atoms. The molecule has 0 aromatic heterocycles. The predicted octanol–water partition coefficient (Wildman–Crippen LogP) is -3.31. The number of guanidine groups is 1. The number of nitrogens with two attached hydrogens (primary N) is 4. The maximum atomic E-state index is 13.0. The van der Waals surface area contributed by atoms with Crippen LogP contribution in [-0.4, -0.2) is 82.5 Å². The summed E-state index contributed by atoms with van der Waals surface area (Å²) in [7, 11) is 0. The SMILES string of the molecule is CCC(C)C(NC(=O)C(CCC(=O)O)NC(=O)C(N)CCCN=C(N)N)C(=O)NC(CC(N)=O)C(=O)O. The topological polar surface area (TPSA) is 295 Å². The number of nitrogens with zero attached hydrogens (tertiary/aromatic N) is 1. The Kier molecular flexibility index (Phi) is 14.9. The fourth-order valence-corrected chi connectivity index (χ4v) is 3.08. The Bertz CT molecular complexity index is 861. The van der Waals surface area contributed by atoms with Crippen molar-refractivity contribution in [2.45, 2.75) is 76.5 Å². The highest BCUT2D eigenvalue weighted by Gasteiger charge is 2.33. The number of carboxylic acids is 2. The monoisotopic (exact) mass is 530 g/mol. The van der Waals surface area contributed by atoms with Crippen LogP contribution in [0.4, 0.5) is 0 Å². The number of rotatable bonds is 18. The van der Waals surface area contributed by atoms with Crippen LogP contribution >= 0.6 is 0 Å². The van der Waals surface area contributed by atoms with Crippen molar-refractivity contribution in [3.63, 3.8) is 0 Å². The van der Waals surface area contributed by atoms with Crippen molar-refractivity contribution in [1.29, 1.82) is 0 Å². The molecule has 5 atom stereocenters. The van der Waals surface area contributed by atoms with Gasteiger partial charge in [0.2, 0.25) is 23.6 Å². The predicted molar refractivity (Wildman–Crippen MR) is 131 cm³/mol. The summed E-state index contributed by atoms with van der Waals surface area (Å²) in [5.74, 6) is -6.79. The molecule has 4 amide bonds. The zero-order valence-corrected chi connectivity index (χ0v) is 20.9. The first-order chi connectivity index (χ1) is 17.2. The van der Waals surface area contributed by atoms with Crippen molar-refractivity contribution in [2.24, 2.45) is 33.8 Å². The molecular weight excluding hydrogens is 492 g/mol. The van der Waals surface area contributed by atoms with Crippen molar-refractivity contribution in [2.75, 3.05) is 6.54 Å². The van der Waals surface area contributed by atoms with Gasteiger partial charge in [-0.3, -0.25) is 29.0 Å². The first-order valence-electron chi connectivity index (χ1n) is 11.6. The summed E-state index contributed by atoms with van der Waals surface area (Å²) < 4.78 is 0. The Morgan fingerprint density at radius 3 is 1.95 bits per heavy atom. The Morgan fingerprint density at radius 1 is 0.865 bits per heavy atom. The lowest BCUT2D eigenvalue weighted by Gasteiger charge is -2.28. The van der Waals surface area contributed by atoms with Crippen LogP contribution < -0.4 is 38.9 Å². The Morgan fingerprint density at radius 2 is 1.46 bits per heavy atom. The minimum Gasteiger partial charge on any atom is -0.481 e. The van der Waals surface area contributed by atoms with E-state index in [-0.39, 0.29) is 25.3 Å². The largest absolute Gasteiger partial charge is 0.481 e. The van der Waals surface area contributed by atoms with E-state index in [0.29, 0.717) is 12.8 Å². The molecule has 16 nitrogen and oxygen atoms in total. The zero-order valence-electron chi connectivity index (χ0n) is 20.9. The summed E-state index contributed by atoms with van der Waals surface area (Å²) in [6, 6.07) is -5.28. The van der Waals surface area contributed by atoms with Gasteiger partial charge >= 0.3 is 11.9 Å². The minimum absolute atomic E-state index is 0.118. The van der Waals surface area contributed by atoms with Gasteiger partial charge in [-0.25, -0.2) is 4.79 Å². The third-order valence-corrected chi connectivity index (χ3v) is 5.40. The first kappa shape index (κ1) is 33.0. The first-order valence-corrected chi connectivity index (χ1v) is 11.6. The molecule has 0 rings (SSSR count). The van der Waals surface area contributed by atoms with E-state index in [2.05, 4.69) is 20.9 Å². The molecule has 0 saturated carbocycles. The van der Waals surface area contributed by atoms with Gasteiger partial charge < -0.3 is 49.1 Å². The van der Waals surface area contributed by atoms with Gasteiger partial charge in [0.05, 0.1) is 12.5 Å². The molecule has 210 valence electrons. The van der Waals surface area contributed by atoms with Gasteiger partial charge in [0.25, 0.3) is 0 Å². The fraction of sp³-hybridized carbons (Fsp3) is 0.667. The number of carbonyl (C=O) groups excluding carboxylic acids is 4. The van der Waals surface area contributed by atoms with E-state index in [1.165, 1.54) is 0 Å². The molecule has 5 unspecified atom stereocenters. The van der Waals surface area contributed by atoms with Crippen LogP contribution in [0, 0.1) is 5.92 Å². The van der Waals surface area contributed by atoms with Gasteiger partial charge in [0.15, 0.2) is 5.96 Å². The van der Waals surface area contributed by atoms with Crippen LogP contribution in [0.1, 0.15) is 52.4 Å². The van der Waals surface area contributed by atoms with Gasteiger partial charge in [-0.15, -0.1) is 0 Å². The molecule has 0 saturated heterocycles. The van der Waals surface area contributed by atoms with Crippen LogP contribution in [0.3, 0.4) is 0 Å². The number of aliphatic carboxylic acids is 2. The Labute approximate surface area is 214 Å². The highest BCUT2D eigenvalue weighted by molar-refractivity contribution is 5.95. The smallest absolute Gasteiger partial charge is 0.326 e. The molecule has 0 fully saturated rings. The zero-order chi connectivity index (χ0) is 28.7. The number of nitrogens with one attached hydrogen (secondary N) is 3. The number of hydrogen-bond acceptors (Lipinski definition) is 8. The van der Waals surface area contributed by atoms with E-state index in [1.54, 1.807) is 13.8 Å². The second kappa shape index (κ2) is 16.7. The molecule has 0 aromatic rings. The summed E-state index contributed by atoms with van der Waals surface area (Å²) in [6.07, 6.45) is -0.520. The lowest BCUT2D eigenvalue weighted by atomic mass is 9.97. The van der Waals surface area contributed by atoms with Gasteiger partial charge in [-0.1, -0.05) is 20.3 Å². The number of primary amides is 1. The summed E-state index contributed by atoms with van der Waals surface area (Å²) in [5, 5.41) is 25.3. The molecule has 0 heterocycles. The van der Waals surface area contributed by atoms with Crippen LogP contribution in [0.25, 0.3) is 0 Å². The number of aliphatic imine (C=N–C) groups is 1. The van der Waals surface area contributed by atoms with E-state index < -0.39 is 78.5 Å². The highest BCUT2D eigenvalue weighted by atomic mass is 16.4. The van der Waals surface area contributed by atoms with Crippen LogP contribution in [0.15, 0.2) is 4.99 Å². The van der Waals surface area contributed by atoms with Crippen molar-refractivity contribution < 1.29 is 39.0 Å². The number of hydrogen-bond donors (Lipinski definition) is 9. The maximum absolute atomic E-state index is 13.0. The van der Waals surface area contributed by atoms with Crippen molar-refractivity contribution in [3.8, 4) is 0 Å². The molecule has 0 spiro atoms. The molecule has 37 heavy (non-hydrogen) atoms. The summed E-state index contributed by atoms with van der Waals surface area (Å²) >= 11 is 0. The summed E-state index contributed by atoms with van der Waals surface area (Å²) in [5.41, 5.74) is 21.3.